The van der Waals surface area contributed by atoms with Gasteiger partial charge in [-0.3, -0.25) is 9.78 Å². The van der Waals surface area contributed by atoms with Crippen molar-refractivity contribution in [3.63, 3.8) is 0 Å². The van der Waals surface area contributed by atoms with E-state index in [2.05, 4.69) is 30.4 Å². The molecule has 4 aromatic rings. The second-order valence-corrected chi connectivity index (χ2v) is 7.96. The van der Waals surface area contributed by atoms with Crippen molar-refractivity contribution in [3.8, 4) is 22.8 Å². The minimum Gasteiger partial charge on any atom is -0.373 e. The molecule has 4 aromatic heterocycles. The molecule has 1 aliphatic rings. The van der Waals surface area contributed by atoms with Gasteiger partial charge in [-0.15, -0.1) is 0 Å². The van der Waals surface area contributed by atoms with Crippen molar-refractivity contribution in [2.45, 2.75) is 18.9 Å². The summed E-state index contributed by atoms with van der Waals surface area (Å²) in [6.07, 6.45) is 5.36. The fourth-order valence-electron chi connectivity index (χ4n) is 3.71. The van der Waals surface area contributed by atoms with Gasteiger partial charge >= 0.3 is 0 Å². The maximum Gasteiger partial charge on any atom is 0.262 e. The lowest BCUT2D eigenvalue weighted by atomic mass is 9.98. The number of aryl methyl sites for hydroxylation is 1. The first-order valence-corrected chi connectivity index (χ1v) is 10.4. The van der Waals surface area contributed by atoms with Gasteiger partial charge in [0.1, 0.15) is 5.69 Å². The first-order valence-electron chi connectivity index (χ1n) is 10.4. The number of likely N-dealkylation sites (tertiary alicyclic amines) is 1. The summed E-state index contributed by atoms with van der Waals surface area (Å²) in [6.45, 7) is 2.40. The highest BCUT2D eigenvalue weighted by molar-refractivity contribution is 5.87. The van der Waals surface area contributed by atoms with Crippen LogP contribution in [-0.4, -0.2) is 54.6 Å². The lowest BCUT2D eigenvalue weighted by molar-refractivity contribution is -0.144. The highest BCUT2D eigenvalue weighted by Crippen LogP contribution is 2.34. The second kappa shape index (κ2) is 8.06. The number of anilines is 2. The van der Waals surface area contributed by atoms with Crippen LogP contribution in [0.25, 0.3) is 22.8 Å². The summed E-state index contributed by atoms with van der Waals surface area (Å²) < 4.78 is 5.34. The average molecular weight is 443 g/mol. The fraction of sp³-hybridized carbons (Fsp3) is 0.217. The topological polar surface area (TPSA) is 130 Å². The number of aromatic nitrogens is 5. The predicted molar refractivity (Wildman–Crippen MR) is 119 cm³/mol. The molecule has 0 radical (unpaired) electrons. The standard InChI is InChI=1S/C23H21N7O3/c1-14-10-15(13-24-12-14)26-22-25-8-6-18(28-22)16-4-3-5-17(27-16)19-11-20(33-29-19)23(32)7-9-30(2)21(23)31/h3-6,8,10-13,32H,7,9H2,1-2H3,(H,25,26,28)/t23-/m1/s1. The number of hydrogen-bond acceptors (Lipinski definition) is 9. The van der Waals surface area contributed by atoms with E-state index in [1.807, 2.05) is 25.1 Å². The summed E-state index contributed by atoms with van der Waals surface area (Å²) in [5.41, 5.74) is 2.28. The minimum atomic E-state index is -1.70. The molecule has 0 bridgehead atoms. The largest absolute Gasteiger partial charge is 0.373 e. The van der Waals surface area contributed by atoms with Crippen LogP contribution in [0.5, 0.6) is 0 Å². The van der Waals surface area contributed by atoms with E-state index in [-0.39, 0.29) is 12.2 Å². The zero-order chi connectivity index (χ0) is 23.0. The Balaban J connectivity index is 1.42. The van der Waals surface area contributed by atoms with E-state index in [1.54, 1.807) is 43.8 Å². The molecule has 2 N–H and O–H groups in total. The van der Waals surface area contributed by atoms with Gasteiger partial charge in [-0.25, -0.2) is 15.0 Å². The molecule has 0 unspecified atom stereocenters. The van der Waals surface area contributed by atoms with Crippen molar-refractivity contribution >= 4 is 17.5 Å². The Bertz CT molecular complexity index is 1340. The van der Waals surface area contributed by atoms with Crippen molar-refractivity contribution < 1.29 is 14.4 Å². The maximum atomic E-state index is 12.3. The van der Waals surface area contributed by atoms with Crippen LogP contribution in [0.3, 0.4) is 0 Å². The van der Waals surface area contributed by atoms with Gasteiger partial charge in [0.25, 0.3) is 5.91 Å². The van der Waals surface area contributed by atoms with Crippen molar-refractivity contribution in [1.82, 2.24) is 30.0 Å². The van der Waals surface area contributed by atoms with Gasteiger partial charge in [-0.2, -0.15) is 0 Å². The molecule has 5 heterocycles. The molecule has 1 aliphatic heterocycles. The molecule has 1 atom stereocenters. The molecule has 0 spiro atoms. The third-order valence-corrected chi connectivity index (χ3v) is 5.49. The number of amides is 1. The van der Waals surface area contributed by atoms with Crippen molar-refractivity contribution in [2.75, 3.05) is 18.9 Å². The Kier molecular flexibility index (Phi) is 5.06. The quantitative estimate of drug-likeness (QED) is 0.478. The molecule has 0 aromatic carbocycles. The molecule has 5 rings (SSSR count). The van der Waals surface area contributed by atoms with Crippen LogP contribution < -0.4 is 5.32 Å². The normalized spacial score (nSPS) is 18.0. The Labute approximate surface area is 189 Å². The Morgan fingerprint density at radius 2 is 1.88 bits per heavy atom. The third-order valence-electron chi connectivity index (χ3n) is 5.49. The average Bonchev–Trinajstić information content (AvgIpc) is 3.42. The maximum absolute atomic E-state index is 12.3. The van der Waals surface area contributed by atoms with E-state index in [0.29, 0.717) is 35.3 Å². The van der Waals surface area contributed by atoms with Crippen molar-refractivity contribution in [2.24, 2.45) is 0 Å². The van der Waals surface area contributed by atoms with E-state index >= 15 is 0 Å². The number of nitrogens with one attached hydrogen (secondary N) is 1. The third kappa shape index (κ3) is 3.92. The molecule has 10 nitrogen and oxygen atoms in total. The van der Waals surface area contributed by atoms with Gasteiger partial charge in [0.05, 0.1) is 29.0 Å². The number of aliphatic hydroxyl groups is 1. The Hall–Kier alpha value is -4.18. The summed E-state index contributed by atoms with van der Waals surface area (Å²) in [5, 5.41) is 18.0. The summed E-state index contributed by atoms with van der Waals surface area (Å²) in [6, 6.07) is 10.7. The smallest absolute Gasteiger partial charge is 0.262 e. The molecule has 0 aliphatic carbocycles. The van der Waals surface area contributed by atoms with Gasteiger partial charge < -0.3 is 19.8 Å². The number of rotatable bonds is 5. The zero-order valence-corrected chi connectivity index (χ0v) is 18.1. The van der Waals surface area contributed by atoms with Gasteiger partial charge in [0.15, 0.2) is 5.76 Å². The molecule has 1 fully saturated rings. The van der Waals surface area contributed by atoms with Crippen molar-refractivity contribution in [3.05, 3.63) is 66.3 Å². The molecule has 1 saturated heterocycles. The van der Waals surface area contributed by atoms with Crippen LogP contribution in [-0.2, 0) is 10.4 Å². The van der Waals surface area contributed by atoms with Gasteiger partial charge in [0.2, 0.25) is 11.5 Å². The SMILES string of the molecule is Cc1cncc(Nc2nccc(-c3cccc(-c4cc([C@]5(O)CCN(C)C5=O)on4)n3)n2)c1. The van der Waals surface area contributed by atoms with E-state index in [9.17, 15) is 9.90 Å². The number of pyridine rings is 2. The van der Waals surface area contributed by atoms with Gasteiger partial charge in [0, 0.05) is 38.5 Å². The van der Waals surface area contributed by atoms with E-state index in [1.165, 1.54) is 4.90 Å². The number of hydrogen-bond donors (Lipinski definition) is 2. The molecule has 166 valence electrons. The molecular formula is C23H21N7O3. The first kappa shape index (κ1) is 20.7. The van der Waals surface area contributed by atoms with E-state index in [0.717, 1.165) is 11.3 Å². The second-order valence-electron chi connectivity index (χ2n) is 7.96. The van der Waals surface area contributed by atoms with Crippen LogP contribution in [0.4, 0.5) is 11.6 Å². The lowest BCUT2D eigenvalue weighted by Crippen LogP contribution is -2.35. The predicted octanol–water partition coefficient (Wildman–Crippen LogP) is 2.69. The number of carbonyl (C=O) groups is 1. The zero-order valence-electron chi connectivity index (χ0n) is 18.1. The highest BCUT2D eigenvalue weighted by atomic mass is 16.5. The number of carbonyl (C=O) groups excluding carboxylic acids is 1. The Morgan fingerprint density at radius 3 is 2.64 bits per heavy atom. The fourth-order valence-corrected chi connectivity index (χ4v) is 3.71. The monoisotopic (exact) mass is 443 g/mol. The molecule has 1 amide bonds. The van der Waals surface area contributed by atoms with Crippen LogP contribution in [0.2, 0.25) is 0 Å². The lowest BCUT2D eigenvalue weighted by Gasteiger charge is -2.16. The van der Waals surface area contributed by atoms with Gasteiger partial charge in [-0.05, 0) is 36.8 Å². The molecular weight excluding hydrogens is 422 g/mol. The van der Waals surface area contributed by atoms with Gasteiger partial charge in [-0.1, -0.05) is 11.2 Å². The van der Waals surface area contributed by atoms with E-state index < -0.39 is 11.5 Å². The summed E-state index contributed by atoms with van der Waals surface area (Å²) in [7, 11) is 1.64. The number of likely N-dealkylation sites (N-methyl/N-ethyl adjacent to an activating group) is 1. The molecule has 0 saturated carbocycles. The summed E-state index contributed by atoms with van der Waals surface area (Å²) >= 11 is 0. The minimum absolute atomic E-state index is 0.110. The molecule has 10 heteroatoms. The van der Waals surface area contributed by atoms with Crippen LogP contribution in [0.1, 0.15) is 17.7 Å². The van der Waals surface area contributed by atoms with Crippen LogP contribution in [0, 0.1) is 6.92 Å². The van der Waals surface area contributed by atoms with Crippen molar-refractivity contribution in [1.29, 1.82) is 0 Å². The Morgan fingerprint density at radius 1 is 1.09 bits per heavy atom. The van der Waals surface area contributed by atoms with Crippen LogP contribution in [0.15, 0.2) is 59.5 Å². The summed E-state index contributed by atoms with van der Waals surface area (Å²) in [4.78, 5) is 31.4. The highest BCUT2D eigenvalue weighted by Gasteiger charge is 2.48. The van der Waals surface area contributed by atoms with Crippen LogP contribution >= 0.6 is 0 Å². The van der Waals surface area contributed by atoms with E-state index in [4.69, 9.17) is 4.52 Å². The summed E-state index contributed by atoms with van der Waals surface area (Å²) in [5.74, 6) is 0.123. The molecule has 33 heavy (non-hydrogen) atoms. The first-order chi connectivity index (χ1) is 15.9. The number of nitrogens with zero attached hydrogens (tertiary/aromatic N) is 6.